The minimum absolute atomic E-state index is 0.551. The van der Waals surface area contributed by atoms with Crippen molar-refractivity contribution in [3.63, 3.8) is 0 Å². The molecule has 1 aromatic heterocycles. The van der Waals surface area contributed by atoms with Crippen LogP contribution in [0.1, 0.15) is 37.3 Å². The fourth-order valence-corrected chi connectivity index (χ4v) is 3.00. The van der Waals surface area contributed by atoms with Gasteiger partial charge in [-0.05, 0) is 55.8 Å². The Balaban J connectivity index is 2.20. The van der Waals surface area contributed by atoms with Crippen LogP contribution >= 0.6 is 11.3 Å². The molecule has 134 valence electrons. The summed E-state index contributed by atoms with van der Waals surface area (Å²) in [7, 11) is 1.29. The van der Waals surface area contributed by atoms with Crippen molar-refractivity contribution in [1.29, 1.82) is 0 Å². The number of ether oxygens (including phenoxy) is 2. The van der Waals surface area contributed by atoms with Crippen LogP contribution in [0.5, 0.6) is 0 Å². The van der Waals surface area contributed by atoms with Crippen LogP contribution < -0.4 is 5.32 Å². The number of aryl methyl sites for hydroxylation is 1. The lowest BCUT2D eigenvalue weighted by atomic mass is 10.0. The lowest BCUT2D eigenvalue weighted by Gasteiger charge is -2.22. The normalized spacial score (nSPS) is 12.4. The number of methoxy groups -OCH3 is 1. The maximum atomic E-state index is 12.1. The Bertz CT molecular complexity index is 744. The monoisotopic (exact) mass is 361 g/mol. The molecular formula is C19H23NO4S. The van der Waals surface area contributed by atoms with E-state index in [0.717, 1.165) is 11.1 Å². The molecule has 1 N–H and O–H groups in total. The molecule has 0 saturated carbocycles. The van der Waals surface area contributed by atoms with Crippen molar-refractivity contribution in [2.24, 2.45) is 0 Å². The highest BCUT2D eigenvalue weighted by molar-refractivity contribution is 7.10. The van der Waals surface area contributed by atoms with Crippen LogP contribution in [0.4, 0.5) is 4.79 Å². The highest BCUT2D eigenvalue weighted by Gasteiger charge is 2.26. The molecule has 0 aliphatic heterocycles. The Kier molecular flexibility index (Phi) is 5.85. The van der Waals surface area contributed by atoms with Gasteiger partial charge in [0.25, 0.3) is 0 Å². The third-order valence-electron chi connectivity index (χ3n) is 3.41. The third-order valence-corrected chi connectivity index (χ3v) is 4.27. The summed E-state index contributed by atoms with van der Waals surface area (Å²) in [6, 6.07) is 8.64. The SMILES string of the molecule is COC(=O)[C@H](NC(=O)OC(C)(C)C)c1ccc(-c2csc(C)c2)cc1. The van der Waals surface area contributed by atoms with Crippen LogP contribution in [-0.4, -0.2) is 24.8 Å². The van der Waals surface area contributed by atoms with Crippen molar-refractivity contribution in [3.05, 3.63) is 46.2 Å². The Hall–Kier alpha value is -2.34. The van der Waals surface area contributed by atoms with E-state index in [9.17, 15) is 9.59 Å². The number of nitrogens with one attached hydrogen (secondary N) is 1. The molecule has 0 aliphatic carbocycles. The molecule has 0 fully saturated rings. The summed E-state index contributed by atoms with van der Waals surface area (Å²) in [5, 5.41) is 4.65. The van der Waals surface area contributed by atoms with Crippen LogP contribution in [0, 0.1) is 6.92 Å². The lowest BCUT2D eigenvalue weighted by Crippen LogP contribution is -2.38. The second-order valence-electron chi connectivity index (χ2n) is 6.67. The van der Waals surface area contributed by atoms with Crippen molar-refractivity contribution in [3.8, 4) is 11.1 Å². The number of hydrogen-bond acceptors (Lipinski definition) is 5. The van der Waals surface area contributed by atoms with Gasteiger partial charge in [-0.1, -0.05) is 24.3 Å². The number of esters is 1. The summed E-state index contributed by atoms with van der Waals surface area (Å²) >= 11 is 1.68. The van der Waals surface area contributed by atoms with E-state index in [0.29, 0.717) is 5.56 Å². The van der Waals surface area contributed by atoms with Gasteiger partial charge in [0, 0.05) is 4.88 Å². The first kappa shape index (κ1) is 19.0. The van der Waals surface area contributed by atoms with E-state index in [1.807, 2.05) is 12.1 Å². The number of rotatable bonds is 4. The fourth-order valence-electron chi connectivity index (χ4n) is 2.28. The number of amides is 1. The first-order chi connectivity index (χ1) is 11.7. The van der Waals surface area contributed by atoms with E-state index < -0.39 is 23.7 Å². The number of alkyl carbamates (subject to hydrolysis) is 1. The Labute approximate surface area is 152 Å². The molecule has 25 heavy (non-hydrogen) atoms. The lowest BCUT2D eigenvalue weighted by molar-refractivity contribution is -0.143. The van der Waals surface area contributed by atoms with Gasteiger partial charge in [-0.2, -0.15) is 0 Å². The minimum atomic E-state index is -0.918. The van der Waals surface area contributed by atoms with Gasteiger partial charge in [0.15, 0.2) is 6.04 Å². The molecule has 0 saturated heterocycles. The van der Waals surface area contributed by atoms with Crippen LogP contribution in [0.15, 0.2) is 35.7 Å². The zero-order valence-corrected chi connectivity index (χ0v) is 15.9. The van der Waals surface area contributed by atoms with Gasteiger partial charge >= 0.3 is 12.1 Å². The van der Waals surface area contributed by atoms with Gasteiger partial charge < -0.3 is 14.8 Å². The van der Waals surface area contributed by atoms with Gasteiger partial charge in [-0.3, -0.25) is 0 Å². The van der Waals surface area contributed by atoms with Crippen molar-refractivity contribution in [1.82, 2.24) is 5.32 Å². The first-order valence-electron chi connectivity index (χ1n) is 7.92. The van der Waals surface area contributed by atoms with E-state index >= 15 is 0 Å². The predicted octanol–water partition coefficient (Wildman–Crippen LogP) is 4.46. The molecule has 2 rings (SSSR count). The van der Waals surface area contributed by atoms with Crippen LogP contribution in [0.2, 0.25) is 0 Å². The molecule has 2 aromatic rings. The van der Waals surface area contributed by atoms with Gasteiger partial charge in [0.05, 0.1) is 7.11 Å². The van der Waals surface area contributed by atoms with Crippen molar-refractivity contribution in [2.75, 3.05) is 7.11 Å². The number of benzene rings is 1. The highest BCUT2D eigenvalue weighted by atomic mass is 32.1. The molecule has 6 heteroatoms. The van der Waals surface area contributed by atoms with E-state index in [4.69, 9.17) is 9.47 Å². The molecule has 0 aliphatic rings. The zero-order valence-electron chi connectivity index (χ0n) is 15.1. The van der Waals surface area contributed by atoms with E-state index in [1.54, 1.807) is 44.2 Å². The van der Waals surface area contributed by atoms with Crippen molar-refractivity contribution >= 4 is 23.4 Å². The molecule has 0 bridgehead atoms. The van der Waals surface area contributed by atoms with E-state index in [2.05, 4.69) is 23.7 Å². The van der Waals surface area contributed by atoms with Crippen LogP contribution in [-0.2, 0) is 14.3 Å². The molecule has 1 atom stereocenters. The number of carbonyl (C=O) groups excluding carboxylic acids is 2. The topological polar surface area (TPSA) is 64.6 Å². The summed E-state index contributed by atoms with van der Waals surface area (Å²) in [5.74, 6) is -0.551. The number of thiophene rings is 1. The van der Waals surface area contributed by atoms with Gasteiger partial charge in [-0.25, -0.2) is 9.59 Å². The molecule has 1 amide bonds. The maximum absolute atomic E-state index is 12.1. The molecule has 1 aromatic carbocycles. The largest absolute Gasteiger partial charge is 0.467 e. The van der Waals surface area contributed by atoms with Crippen LogP contribution in [0.3, 0.4) is 0 Å². The van der Waals surface area contributed by atoms with Gasteiger partial charge in [0.2, 0.25) is 0 Å². The smallest absolute Gasteiger partial charge is 0.408 e. The highest BCUT2D eigenvalue weighted by Crippen LogP contribution is 2.27. The maximum Gasteiger partial charge on any atom is 0.408 e. The molecule has 1 heterocycles. The Morgan fingerprint density at radius 1 is 1.12 bits per heavy atom. The number of carbonyl (C=O) groups is 2. The quantitative estimate of drug-likeness (QED) is 0.817. The van der Waals surface area contributed by atoms with Gasteiger partial charge in [-0.15, -0.1) is 11.3 Å². The van der Waals surface area contributed by atoms with Crippen LogP contribution in [0.25, 0.3) is 11.1 Å². The molecular weight excluding hydrogens is 338 g/mol. The molecule has 0 radical (unpaired) electrons. The second kappa shape index (κ2) is 7.70. The first-order valence-corrected chi connectivity index (χ1v) is 8.80. The van der Waals surface area contributed by atoms with Crippen molar-refractivity contribution < 1.29 is 19.1 Å². The average Bonchev–Trinajstić information content (AvgIpc) is 2.97. The minimum Gasteiger partial charge on any atom is -0.467 e. The number of hydrogen-bond donors (Lipinski definition) is 1. The average molecular weight is 361 g/mol. The Morgan fingerprint density at radius 3 is 2.24 bits per heavy atom. The fraction of sp³-hybridized carbons (Fsp3) is 0.368. The predicted molar refractivity (Wildman–Crippen MR) is 98.6 cm³/mol. The summed E-state index contributed by atoms with van der Waals surface area (Å²) in [4.78, 5) is 25.3. The summed E-state index contributed by atoms with van der Waals surface area (Å²) in [5.41, 5.74) is 2.16. The Morgan fingerprint density at radius 2 is 1.76 bits per heavy atom. The molecule has 0 unspecified atom stereocenters. The van der Waals surface area contributed by atoms with Gasteiger partial charge in [0.1, 0.15) is 5.60 Å². The van der Waals surface area contributed by atoms with E-state index in [1.165, 1.54) is 12.0 Å². The van der Waals surface area contributed by atoms with Crippen molar-refractivity contribution in [2.45, 2.75) is 39.3 Å². The summed E-state index contributed by atoms with van der Waals surface area (Å²) in [6.07, 6.45) is -0.666. The summed E-state index contributed by atoms with van der Waals surface area (Å²) in [6.45, 7) is 7.34. The zero-order chi connectivity index (χ0) is 18.6. The molecule has 5 nitrogen and oxygen atoms in total. The second-order valence-corrected chi connectivity index (χ2v) is 7.79. The molecule has 0 spiro atoms. The third kappa shape index (κ3) is 5.32. The summed E-state index contributed by atoms with van der Waals surface area (Å²) < 4.78 is 10.0. The van der Waals surface area contributed by atoms with E-state index in [-0.39, 0.29) is 0 Å². The standard InChI is InChI=1S/C19H23NO4S/c1-12-10-15(11-25-12)13-6-8-14(9-7-13)16(17(21)23-5)20-18(22)24-19(2,3)4/h6-11,16H,1-5H3,(H,20,22)/t16-/m1/s1.